The van der Waals surface area contributed by atoms with Gasteiger partial charge in [-0.2, -0.15) is 4.98 Å². The van der Waals surface area contributed by atoms with E-state index in [-0.39, 0.29) is 22.9 Å². The summed E-state index contributed by atoms with van der Waals surface area (Å²) < 4.78 is 7.95. The van der Waals surface area contributed by atoms with Gasteiger partial charge in [0.05, 0.1) is 4.91 Å². The molecule has 174 valence electrons. The Labute approximate surface area is 211 Å². The van der Waals surface area contributed by atoms with Crippen molar-refractivity contribution in [3.05, 3.63) is 111 Å². The van der Waals surface area contributed by atoms with E-state index in [1.165, 1.54) is 16.2 Å². The van der Waals surface area contributed by atoms with Crippen molar-refractivity contribution >= 4 is 45.9 Å². The van der Waals surface area contributed by atoms with E-state index in [1.807, 2.05) is 55.5 Å². The van der Waals surface area contributed by atoms with Crippen LogP contribution >= 0.6 is 24.0 Å². The SMILES string of the molecule is Cc1cccc(Oc2nc3ccccn3c(=O)c2/C=C2/SC(=S)N(CCc3ccccc3)C2=O)c1. The number of carbonyl (C=O) groups excluding carboxylic acids is 1. The molecule has 0 unspecified atom stereocenters. The molecule has 0 radical (unpaired) electrons. The van der Waals surface area contributed by atoms with Crippen LogP contribution in [0.15, 0.2) is 88.7 Å². The van der Waals surface area contributed by atoms with Gasteiger partial charge in [0.25, 0.3) is 11.5 Å². The second-order valence-corrected chi connectivity index (χ2v) is 9.73. The molecule has 0 saturated carbocycles. The van der Waals surface area contributed by atoms with Gasteiger partial charge in [-0.05, 0) is 54.8 Å². The van der Waals surface area contributed by atoms with Crippen LogP contribution < -0.4 is 10.3 Å². The molecule has 0 spiro atoms. The minimum absolute atomic E-state index is 0.140. The molecule has 6 nitrogen and oxygen atoms in total. The number of hydrogen-bond donors (Lipinski definition) is 0. The van der Waals surface area contributed by atoms with Crippen molar-refractivity contribution in [2.24, 2.45) is 0 Å². The van der Waals surface area contributed by atoms with Crippen LogP contribution in [-0.4, -0.2) is 31.1 Å². The van der Waals surface area contributed by atoms with Gasteiger partial charge in [0.15, 0.2) is 0 Å². The zero-order valence-electron chi connectivity index (χ0n) is 18.9. The fraction of sp³-hybridized carbons (Fsp3) is 0.111. The zero-order valence-corrected chi connectivity index (χ0v) is 20.5. The molecule has 1 fully saturated rings. The van der Waals surface area contributed by atoms with Gasteiger partial charge >= 0.3 is 0 Å². The Balaban J connectivity index is 1.51. The summed E-state index contributed by atoms with van der Waals surface area (Å²) in [6.45, 7) is 2.42. The third kappa shape index (κ3) is 4.89. The van der Waals surface area contributed by atoms with Crippen molar-refractivity contribution < 1.29 is 9.53 Å². The van der Waals surface area contributed by atoms with Crippen LogP contribution in [0.2, 0.25) is 0 Å². The second-order valence-electron chi connectivity index (χ2n) is 8.05. The van der Waals surface area contributed by atoms with Crippen molar-refractivity contribution in [1.82, 2.24) is 14.3 Å². The van der Waals surface area contributed by atoms with Crippen LogP contribution in [0.1, 0.15) is 16.7 Å². The van der Waals surface area contributed by atoms with E-state index in [2.05, 4.69) is 4.98 Å². The van der Waals surface area contributed by atoms with E-state index in [0.29, 0.717) is 33.6 Å². The summed E-state index contributed by atoms with van der Waals surface area (Å²) in [6.07, 6.45) is 3.87. The summed E-state index contributed by atoms with van der Waals surface area (Å²) in [5.41, 5.74) is 2.46. The summed E-state index contributed by atoms with van der Waals surface area (Å²) in [7, 11) is 0. The highest BCUT2D eigenvalue weighted by Crippen LogP contribution is 2.34. The van der Waals surface area contributed by atoms with Crippen LogP contribution in [0.5, 0.6) is 11.6 Å². The van der Waals surface area contributed by atoms with Gasteiger partial charge in [0.1, 0.15) is 21.3 Å². The molecule has 1 aliphatic rings. The first-order chi connectivity index (χ1) is 17.0. The molecule has 0 N–H and O–H groups in total. The summed E-state index contributed by atoms with van der Waals surface area (Å²) in [5.74, 6) is 0.471. The number of ether oxygens (including phenoxy) is 1. The first-order valence-corrected chi connectivity index (χ1v) is 12.3. The van der Waals surface area contributed by atoms with E-state index < -0.39 is 0 Å². The van der Waals surface area contributed by atoms with Gasteiger partial charge in [-0.3, -0.25) is 18.9 Å². The van der Waals surface area contributed by atoms with Gasteiger partial charge in [-0.25, -0.2) is 0 Å². The third-order valence-electron chi connectivity index (χ3n) is 5.55. The summed E-state index contributed by atoms with van der Waals surface area (Å²) in [5, 5.41) is 0. The van der Waals surface area contributed by atoms with Crippen LogP contribution in [0, 0.1) is 6.92 Å². The van der Waals surface area contributed by atoms with Crippen molar-refractivity contribution in [3.8, 4) is 11.6 Å². The molecule has 1 amide bonds. The monoisotopic (exact) mass is 499 g/mol. The average Bonchev–Trinajstić information content (AvgIpc) is 3.13. The molecule has 2 aromatic heterocycles. The Morgan fingerprint density at radius 1 is 1.03 bits per heavy atom. The normalized spacial score (nSPS) is 14.8. The molecule has 35 heavy (non-hydrogen) atoms. The Hall–Kier alpha value is -3.75. The fourth-order valence-corrected chi connectivity index (χ4v) is 5.07. The van der Waals surface area contributed by atoms with Crippen LogP contribution in [0.4, 0.5) is 0 Å². The summed E-state index contributed by atoms with van der Waals surface area (Å²) in [4.78, 5) is 33.1. The molecule has 4 aromatic rings. The molecule has 3 heterocycles. The topological polar surface area (TPSA) is 63.9 Å². The van der Waals surface area contributed by atoms with Crippen LogP contribution in [-0.2, 0) is 11.2 Å². The van der Waals surface area contributed by atoms with Gasteiger partial charge in [-0.1, -0.05) is 72.5 Å². The molecule has 5 rings (SSSR count). The van der Waals surface area contributed by atoms with Crippen LogP contribution in [0.25, 0.3) is 11.7 Å². The zero-order chi connectivity index (χ0) is 24.4. The number of thiocarbonyl (C=S) groups is 1. The number of aromatic nitrogens is 2. The second kappa shape index (κ2) is 9.85. The fourth-order valence-electron chi connectivity index (χ4n) is 3.78. The largest absolute Gasteiger partial charge is 0.438 e. The quantitative estimate of drug-likeness (QED) is 0.267. The number of carbonyl (C=O) groups is 1. The van der Waals surface area contributed by atoms with Gasteiger partial charge in [0, 0.05) is 12.7 Å². The molecule has 0 aliphatic carbocycles. The molecule has 0 atom stereocenters. The predicted molar refractivity (Wildman–Crippen MR) is 143 cm³/mol. The van der Waals surface area contributed by atoms with E-state index in [0.717, 1.165) is 11.1 Å². The Morgan fingerprint density at radius 3 is 2.63 bits per heavy atom. The highest BCUT2D eigenvalue weighted by atomic mass is 32.2. The first-order valence-electron chi connectivity index (χ1n) is 11.0. The van der Waals surface area contributed by atoms with Crippen molar-refractivity contribution in [1.29, 1.82) is 0 Å². The van der Waals surface area contributed by atoms with E-state index in [1.54, 1.807) is 41.4 Å². The Kier molecular flexibility index (Phi) is 6.48. The maximum atomic E-state index is 13.4. The molecule has 2 aromatic carbocycles. The van der Waals surface area contributed by atoms with Crippen molar-refractivity contribution in [3.63, 3.8) is 0 Å². The number of amides is 1. The first kappa shape index (κ1) is 23.0. The Morgan fingerprint density at radius 2 is 1.83 bits per heavy atom. The highest BCUT2D eigenvalue weighted by Gasteiger charge is 2.32. The van der Waals surface area contributed by atoms with E-state index >= 15 is 0 Å². The number of thioether (sulfide) groups is 1. The standard InChI is InChI=1S/C27H21N3O3S2/c1-18-8-7-11-20(16-18)33-24-21(25(31)29-14-6-5-12-23(29)28-24)17-22-26(32)30(27(34)35-22)15-13-19-9-3-2-4-10-19/h2-12,14,16-17H,13,15H2,1H3/b22-17+. The number of fused-ring (bicyclic) bond motifs is 1. The van der Waals surface area contributed by atoms with E-state index in [9.17, 15) is 9.59 Å². The number of aryl methyl sites for hydroxylation is 1. The minimum Gasteiger partial charge on any atom is -0.438 e. The highest BCUT2D eigenvalue weighted by molar-refractivity contribution is 8.26. The molecule has 1 saturated heterocycles. The van der Waals surface area contributed by atoms with Crippen molar-refractivity contribution in [2.75, 3.05) is 6.54 Å². The maximum Gasteiger partial charge on any atom is 0.269 e. The molecule has 1 aliphatic heterocycles. The smallest absolute Gasteiger partial charge is 0.269 e. The molecule has 0 bridgehead atoms. The van der Waals surface area contributed by atoms with Crippen molar-refractivity contribution in [2.45, 2.75) is 13.3 Å². The number of hydrogen-bond acceptors (Lipinski definition) is 6. The number of pyridine rings is 1. The van der Waals surface area contributed by atoms with Gasteiger partial charge in [0.2, 0.25) is 5.88 Å². The van der Waals surface area contributed by atoms with Crippen LogP contribution in [0.3, 0.4) is 0 Å². The lowest BCUT2D eigenvalue weighted by molar-refractivity contribution is -0.122. The third-order valence-corrected chi connectivity index (χ3v) is 6.93. The number of benzene rings is 2. The summed E-state index contributed by atoms with van der Waals surface area (Å²) in [6, 6.07) is 22.7. The van der Waals surface area contributed by atoms with E-state index in [4.69, 9.17) is 17.0 Å². The van der Waals surface area contributed by atoms with Gasteiger partial charge < -0.3 is 4.74 Å². The Bertz CT molecular complexity index is 1530. The lowest BCUT2D eigenvalue weighted by atomic mass is 10.1. The van der Waals surface area contributed by atoms with Gasteiger partial charge in [-0.15, -0.1) is 0 Å². The molecule has 8 heteroatoms. The number of nitrogens with zero attached hydrogens (tertiary/aromatic N) is 3. The average molecular weight is 500 g/mol. The minimum atomic E-state index is -0.326. The lowest BCUT2D eigenvalue weighted by Gasteiger charge is -2.14. The summed E-state index contributed by atoms with van der Waals surface area (Å²) >= 11 is 6.67. The predicted octanol–water partition coefficient (Wildman–Crippen LogP) is 5.24. The molecular formula is C27H21N3O3S2. The molecular weight excluding hydrogens is 478 g/mol. The lowest BCUT2D eigenvalue weighted by Crippen LogP contribution is -2.30. The maximum absolute atomic E-state index is 13.4. The number of rotatable bonds is 6.